The predicted octanol–water partition coefficient (Wildman–Crippen LogP) is 4.35. The molecule has 1 heterocycles. The highest BCUT2D eigenvalue weighted by Crippen LogP contribution is 2.31. The van der Waals surface area contributed by atoms with E-state index in [0.29, 0.717) is 36.7 Å². The van der Waals surface area contributed by atoms with Crippen molar-refractivity contribution in [2.75, 3.05) is 6.54 Å². The standard InChI is InChI=1S/C22H22FN3O2/c1-3-15-24-21(27)14-13-20-16(2)25-26(18-11-9-17(23)10-12-18)22(20)28-19-7-5-4-6-8-19/h3-12H,1,13-15H2,2H3,(H,24,27). The normalized spacial score (nSPS) is 10.5. The Hall–Kier alpha value is -3.41. The third-order valence-corrected chi connectivity index (χ3v) is 4.21. The lowest BCUT2D eigenvalue weighted by Crippen LogP contribution is -2.23. The van der Waals surface area contributed by atoms with Crippen LogP contribution in [0.15, 0.2) is 67.3 Å². The number of nitrogens with zero attached hydrogens (tertiary/aromatic N) is 2. The molecule has 5 nitrogen and oxygen atoms in total. The summed E-state index contributed by atoms with van der Waals surface area (Å²) >= 11 is 0. The van der Waals surface area contributed by atoms with E-state index in [2.05, 4.69) is 17.0 Å². The lowest BCUT2D eigenvalue weighted by Gasteiger charge is -2.11. The molecule has 1 aromatic heterocycles. The highest BCUT2D eigenvalue weighted by atomic mass is 19.1. The molecule has 0 fully saturated rings. The third kappa shape index (κ3) is 4.65. The molecule has 6 heteroatoms. The number of nitrogens with one attached hydrogen (secondary N) is 1. The van der Waals surface area contributed by atoms with Crippen molar-refractivity contribution in [2.45, 2.75) is 19.8 Å². The van der Waals surface area contributed by atoms with Crippen LogP contribution in [-0.4, -0.2) is 22.2 Å². The first kappa shape index (κ1) is 19.4. The second-order valence-electron chi connectivity index (χ2n) is 6.27. The smallest absolute Gasteiger partial charge is 0.226 e. The SMILES string of the molecule is C=CCNC(=O)CCc1c(C)nn(-c2ccc(F)cc2)c1Oc1ccccc1. The Kier molecular flexibility index (Phi) is 6.22. The number of benzene rings is 2. The molecule has 0 aliphatic heterocycles. The minimum absolute atomic E-state index is 0.0699. The minimum Gasteiger partial charge on any atom is -0.439 e. The van der Waals surface area contributed by atoms with E-state index >= 15 is 0 Å². The molecular formula is C22H22FN3O2. The van der Waals surface area contributed by atoms with E-state index in [-0.39, 0.29) is 11.7 Å². The lowest BCUT2D eigenvalue weighted by molar-refractivity contribution is -0.120. The molecule has 2 aromatic carbocycles. The van der Waals surface area contributed by atoms with Crippen LogP contribution in [0.25, 0.3) is 5.69 Å². The zero-order valence-electron chi connectivity index (χ0n) is 15.7. The summed E-state index contributed by atoms with van der Waals surface area (Å²) in [6.45, 7) is 5.89. The zero-order valence-corrected chi connectivity index (χ0v) is 15.7. The van der Waals surface area contributed by atoms with E-state index in [1.54, 1.807) is 22.9 Å². The number of ether oxygens (including phenoxy) is 1. The van der Waals surface area contributed by atoms with Gasteiger partial charge in [0.2, 0.25) is 11.8 Å². The predicted molar refractivity (Wildman–Crippen MR) is 106 cm³/mol. The van der Waals surface area contributed by atoms with Crippen molar-refractivity contribution in [1.29, 1.82) is 0 Å². The molecule has 0 aliphatic carbocycles. The zero-order chi connectivity index (χ0) is 19.9. The van der Waals surface area contributed by atoms with Gasteiger partial charge < -0.3 is 10.1 Å². The second-order valence-corrected chi connectivity index (χ2v) is 6.27. The molecule has 0 spiro atoms. The fourth-order valence-corrected chi connectivity index (χ4v) is 2.80. The molecule has 0 unspecified atom stereocenters. The summed E-state index contributed by atoms with van der Waals surface area (Å²) in [5.74, 6) is 0.784. The molecule has 0 saturated heterocycles. The van der Waals surface area contributed by atoms with Gasteiger partial charge in [0.1, 0.15) is 11.6 Å². The first-order valence-corrected chi connectivity index (χ1v) is 9.03. The van der Waals surface area contributed by atoms with E-state index in [4.69, 9.17) is 4.74 Å². The van der Waals surface area contributed by atoms with Crippen LogP contribution in [0.1, 0.15) is 17.7 Å². The number of rotatable bonds is 8. The van der Waals surface area contributed by atoms with E-state index in [9.17, 15) is 9.18 Å². The van der Waals surface area contributed by atoms with Gasteiger partial charge in [-0.3, -0.25) is 4.79 Å². The topological polar surface area (TPSA) is 56.2 Å². The van der Waals surface area contributed by atoms with Gasteiger partial charge in [-0.1, -0.05) is 24.3 Å². The van der Waals surface area contributed by atoms with Crippen molar-refractivity contribution in [3.8, 4) is 17.3 Å². The number of para-hydroxylation sites is 1. The summed E-state index contributed by atoms with van der Waals surface area (Å²) in [4.78, 5) is 12.0. The maximum Gasteiger partial charge on any atom is 0.226 e. The van der Waals surface area contributed by atoms with Gasteiger partial charge in [0.25, 0.3) is 0 Å². The Bertz CT molecular complexity index is 950. The summed E-state index contributed by atoms with van der Waals surface area (Å²) in [6.07, 6.45) is 2.41. The van der Waals surface area contributed by atoms with Crippen molar-refractivity contribution < 1.29 is 13.9 Å². The summed E-state index contributed by atoms with van der Waals surface area (Å²) in [5, 5.41) is 7.34. The largest absolute Gasteiger partial charge is 0.439 e. The van der Waals surface area contributed by atoms with E-state index < -0.39 is 0 Å². The van der Waals surface area contributed by atoms with Gasteiger partial charge in [0, 0.05) is 18.5 Å². The number of hydrogen-bond acceptors (Lipinski definition) is 3. The summed E-state index contributed by atoms with van der Waals surface area (Å²) < 4.78 is 21.1. The first-order valence-electron chi connectivity index (χ1n) is 9.03. The van der Waals surface area contributed by atoms with E-state index in [1.807, 2.05) is 37.3 Å². The van der Waals surface area contributed by atoms with Gasteiger partial charge in [-0.05, 0) is 49.7 Å². The maximum atomic E-state index is 13.3. The molecule has 28 heavy (non-hydrogen) atoms. The minimum atomic E-state index is -0.322. The van der Waals surface area contributed by atoms with Crippen LogP contribution in [0.2, 0.25) is 0 Å². The van der Waals surface area contributed by atoms with Crippen LogP contribution in [-0.2, 0) is 11.2 Å². The molecule has 3 aromatic rings. The van der Waals surface area contributed by atoms with Crippen LogP contribution in [0, 0.1) is 12.7 Å². The van der Waals surface area contributed by atoms with Crippen LogP contribution >= 0.6 is 0 Å². The Morgan fingerprint density at radius 1 is 1.21 bits per heavy atom. The number of halogens is 1. The number of aromatic nitrogens is 2. The maximum absolute atomic E-state index is 13.3. The molecule has 3 rings (SSSR count). The second kappa shape index (κ2) is 8.99. The molecule has 1 N–H and O–H groups in total. The Labute approximate surface area is 163 Å². The number of aryl methyl sites for hydroxylation is 1. The molecular weight excluding hydrogens is 357 g/mol. The average Bonchev–Trinajstić information content (AvgIpc) is 3.01. The summed E-state index contributed by atoms with van der Waals surface area (Å²) in [7, 11) is 0. The molecule has 0 radical (unpaired) electrons. The van der Waals surface area contributed by atoms with Crippen LogP contribution in [0.5, 0.6) is 11.6 Å². The van der Waals surface area contributed by atoms with E-state index in [1.165, 1.54) is 12.1 Å². The van der Waals surface area contributed by atoms with Gasteiger partial charge in [-0.25, -0.2) is 9.07 Å². The van der Waals surface area contributed by atoms with Crippen molar-refractivity contribution in [1.82, 2.24) is 15.1 Å². The number of carbonyl (C=O) groups excluding carboxylic acids is 1. The van der Waals surface area contributed by atoms with Crippen LogP contribution in [0.3, 0.4) is 0 Å². The Morgan fingerprint density at radius 3 is 2.61 bits per heavy atom. The van der Waals surface area contributed by atoms with E-state index in [0.717, 1.165) is 11.3 Å². The molecule has 0 saturated carbocycles. The fraction of sp³-hybridized carbons (Fsp3) is 0.182. The highest BCUT2D eigenvalue weighted by molar-refractivity contribution is 5.76. The van der Waals surface area contributed by atoms with Gasteiger partial charge in [-0.15, -0.1) is 6.58 Å². The molecule has 0 atom stereocenters. The molecule has 144 valence electrons. The Balaban J connectivity index is 1.94. The molecule has 0 aliphatic rings. The van der Waals surface area contributed by atoms with Crippen molar-refractivity contribution in [2.24, 2.45) is 0 Å². The van der Waals surface area contributed by atoms with Crippen molar-refractivity contribution in [3.63, 3.8) is 0 Å². The van der Waals surface area contributed by atoms with Crippen LogP contribution < -0.4 is 10.1 Å². The van der Waals surface area contributed by atoms with Crippen molar-refractivity contribution in [3.05, 3.63) is 84.3 Å². The monoisotopic (exact) mass is 379 g/mol. The van der Waals surface area contributed by atoms with Gasteiger partial charge >= 0.3 is 0 Å². The average molecular weight is 379 g/mol. The van der Waals surface area contributed by atoms with Crippen LogP contribution in [0.4, 0.5) is 4.39 Å². The number of carbonyl (C=O) groups is 1. The quantitative estimate of drug-likeness (QED) is 0.592. The summed E-state index contributed by atoms with van der Waals surface area (Å²) in [6, 6.07) is 15.4. The fourth-order valence-electron chi connectivity index (χ4n) is 2.80. The van der Waals surface area contributed by atoms with Gasteiger partial charge in [0.15, 0.2) is 0 Å². The lowest BCUT2D eigenvalue weighted by atomic mass is 10.1. The number of amides is 1. The highest BCUT2D eigenvalue weighted by Gasteiger charge is 2.19. The molecule has 0 bridgehead atoms. The first-order chi connectivity index (χ1) is 13.6. The van der Waals surface area contributed by atoms with Gasteiger partial charge in [-0.2, -0.15) is 5.10 Å². The summed E-state index contributed by atoms with van der Waals surface area (Å²) in [5.41, 5.74) is 2.27. The number of hydrogen-bond donors (Lipinski definition) is 1. The van der Waals surface area contributed by atoms with Gasteiger partial charge in [0.05, 0.1) is 11.4 Å². The third-order valence-electron chi connectivity index (χ3n) is 4.21. The Morgan fingerprint density at radius 2 is 1.93 bits per heavy atom. The van der Waals surface area contributed by atoms with Crippen molar-refractivity contribution >= 4 is 5.91 Å². The molecule has 1 amide bonds.